The van der Waals surface area contributed by atoms with Gasteiger partial charge in [0, 0.05) is 31.9 Å². The Morgan fingerprint density at radius 2 is 1.86 bits per heavy atom. The number of anilines is 1. The average molecular weight is 408 g/mol. The Balaban J connectivity index is 1.56. The van der Waals surface area contributed by atoms with Gasteiger partial charge in [0.1, 0.15) is 17.3 Å². The number of halogens is 2. The van der Waals surface area contributed by atoms with Crippen LogP contribution in [0.2, 0.25) is 5.02 Å². The van der Waals surface area contributed by atoms with Gasteiger partial charge in [-0.05, 0) is 45.0 Å². The van der Waals surface area contributed by atoms with Crippen LogP contribution >= 0.6 is 11.6 Å². The summed E-state index contributed by atoms with van der Waals surface area (Å²) in [5, 5.41) is 2.71. The van der Waals surface area contributed by atoms with E-state index in [1.807, 2.05) is 18.7 Å². The van der Waals surface area contributed by atoms with E-state index in [0.717, 1.165) is 0 Å². The largest absolute Gasteiger partial charge is 0.466 e. The van der Waals surface area contributed by atoms with E-state index in [0.29, 0.717) is 49.0 Å². The minimum Gasteiger partial charge on any atom is -0.466 e. The van der Waals surface area contributed by atoms with Crippen molar-refractivity contribution >= 4 is 29.1 Å². The fraction of sp³-hybridized carbons (Fsp3) is 0.400. The topological polar surface area (TPSA) is 65.8 Å². The van der Waals surface area contributed by atoms with E-state index in [1.165, 1.54) is 18.2 Å². The molecule has 1 unspecified atom stereocenters. The summed E-state index contributed by atoms with van der Waals surface area (Å²) >= 11 is 5.75. The van der Waals surface area contributed by atoms with Crippen molar-refractivity contribution in [2.45, 2.75) is 26.8 Å². The highest BCUT2D eigenvalue weighted by Crippen LogP contribution is 2.21. The molecule has 0 saturated carbocycles. The van der Waals surface area contributed by atoms with Gasteiger partial charge in [-0.3, -0.25) is 14.5 Å². The minimum absolute atomic E-state index is 0.0395. The van der Waals surface area contributed by atoms with Gasteiger partial charge in [-0.1, -0.05) is 11.6 Å². The maximum absolute atomic E-state index is 13.2. The van der Waals surface area contributed by atoms with Crippen molar-refractivity contribution in [1.29, 1.82) is 0 Å². The molecule has 2 heterocycles. The van der Waals surface area contributed by atoms with Crippen molar-refractivity contribution < 1.29 is 18.4 Å². The minimum atomic E-state index is -0.531. The van der Waals surface area contributed by atoms with E-state index in [2.05, 4.69) is 5.32 Å². The third kappa shape index (κ3) is 4.36. The Hall–Kier alpha value is -2.38. The number of hydrogen-bond donors (Lipinski definition) is 1. The van der Waals surface area contributed by atoms with Crippen LogP contribution in [0.5, 0.6) is 0 Å². The molecule has 28 heavy (non-hydrogen) atoms. The molecule has 1 saturated heterocycles. The lowest BCUT2D eigenvalue weighted by Crippen LogP contribution is -2.54. The number of nitrogens with one attached hydrogen (secondary N) is 1. The summed E-state index contributed by atoms with van der Waals surface area (Å²) in [4.78, 5) is 29.0. The predicted octanol–water partition coefficient (Wildman–Crippen LogP) is 3.47. The number of aryl methyl sites for hydroxylation is 2. The molecule has 3 rings (SSSR count). The molecule has 0 radical (unpaired) electrons. The Bertz CT molecular complexity index is 891. The molecule has 2 aromatic rings. The average Bonchev–Trinajstić information content (AvgIpc) is 3.01. The number of hydrogen-bond acceptors (Lipinski definition) is 4. The molecule has 0 spiro atoms. The highest BCUT2D eigenvalue weighted by Gasteiger charge is 2.29. The third-order valence-electron chi connectivity index (χ3n) is 4.99. The summed E-state index contributed by atoms with van der Waals surface area (Å²) < 4.78 is 18.7. The van der Waals surface area contributed by atoms with Crippen LogP contribution in [0.1, 0.15) is 28.8 Å². The van der Waals surface area contributed by atoms with Crippen LogP contribution in [-0.4, -0.2) is 53.8 Å². The van der Waals surface area contributed by atoms with Crippen LogP contribution in [0, 0.1) is 19.7 Å². The van der Waals surface area contributed by atoms with Crippen molar-refractivity contribution in [2.75, 3.05) is 31.5 Å². The predicted molar refractivity (Wildman–Crippen MR) is 105 cm³/mol. The van der Waals surface area contributed by atoms with Crippen molar-refractivity contribution in [2.24, 2.45) is 0 Å². The second-order valence-corrected chi connectivity index (χ2v) is 7.36. The maximum Gasteiger partial charge on any atom is 0.257 e. The van der Waals surface area contributed by atoms with Gasteiger partial charge in [-0.2, -0.15) is 0 Å². The number of rotatable bonds is 4. The first-order valence-corrected chi connectivity index (χ1v) is 9.50. The van der Waals surface area contributed by atoms with Gasteiger partial charge < -0.3 is 14.6 Å². The standard InChI is InChI=1S/C20H23ClFN3O3/c1-12-10-16(14(3)28-12)20(27)25-8-6-24(7-9-25)13(2)19(26)23-15-4-5-18(22)17(21)11-15/h4-5,10-11,13H,6-9H2,1-3H3,(H,23,26). The van der Waals surface area contributed by atoms with E-state index < -0.39 is 5.82 Å². The zero-order valence-corrected chi connectivity index (χ0v) is 16.8. The summed E-state index contributed by atoms with van der Waals surface area (Å²) in [5.41, 5.74) is 1.03. The molecule has 1 aromatic heterocycles. The van der Waals surface area contributed by atoms with E-state index in [4.69, 9.17) is 16.0 Å². The Morgan fingerprint density at radius 3 is 2.43 bits per heavy atom. The molecule has 6 nitrogen and oxygen atoms in total. The molecular formula is C20H23ClFN3O3. The lowest BCUT2D eigenvalue weighted by molar-refractivity contribution is -0.121. The van der Waals surface area contributed by atoms with Crippen LogP contribution in [-0.2, 0) is 4.79 Å². The normalized spacial score (nSPS) is 16.1. The van der Waals surface area contributed by atoms with Gasteiger partial charge in [0.05, 0.1) is 16.6 Å². The molecule has 150 valence electrons. The second kappa shape index (κ2) is 8.32. The summed E-state index contributed by atoms with van der Waals surface area (Å²) in [6.07, 6.45) is 0. The van der Waals surface area contributed by atoms with Crippen LogP contribution < -0.4 is 5.32 Å². The zero-order valence-electron chi connectivity index (χ0n) is 16.1. The lowest BCUT2D eigenvalue weighted by Gasteiger charge is -2.37. The molecule has 1 atom stereocenters. The molecule has 1 N–H and O–H groups in total. The number of amides is 2. The number of nitrogens with zero attached hydrogens (tertiary/aromatic N) is 2. The molecule has 1 fully saturated rings. The Labute approximate surface area is 168 Å². The monoisotopic (exact) mass is 407 g/mol. The van der Waals surface area contributed by atoms with E-state index >= 15 is 0 Å². The number of carbonyl (C=O) groups excluding carboxylic acids is 2. The highest BCUT2D eigenvalue weighted by molar-refractivity contribution is 6.31. The molecule has 1 aliphatic heterocycles. The van der Waals surface area contributed by atoms with Gasteiger partial charge >= 0.3 is 0 Å². The van der Waals surface area contributed by atoms with Crippen molar-refractivity contribution in [3.05, 3.63) is 52.2 Å². The van der Waals surface area contributed by atoms with Gasteiger partial charge in [-0.25, -0.2) is 4.39 Å². The number of furan rings is 1. The van der Waals surface area contributed by atoms with E-state index in [1.54, 1.807) is 17.9 Å². The van der Waals surface area contributed by atoms with Crippen LogP contribution in [0.4, 0.5) is 10.1 Å². The molecule has 1 aromatic carbocycles. The first-order chi connectivity index (χ1) is 13.3. The summed E-state index contributed by atoms with van der Waals surface area (Å²) in [6, 6.07) is 5.44. The SMILES string of the molecule is Cc1cc(C(=O)N2CCN(C(C)C(=O)Nc3ccc(F)c(Cl)c3)CC2)c(C)o1. The van der Waals surface area contributed by atoms with Crippen molar-refractivity contribution in [1.82, 2.24) is 9.80 Å². The van der Waals surface area contributed by atoms with Gasteiger partial charge in [0.15, 0.2) is 0 Å². The molecule has 1 aliphatic rings. The summed E-state index contributed by atoms with van der Waals surface area (Å²) in [7, 11) is 0. The fourth-order valence-corrected chi connectivity index (χ4v) is 3.49. The summed E-state index contributed by atoms with van der Waals surface area (Å²) in [5.74, 6) is 0.550. The lowest BCUT2D eigenvalue weighted by atomic mass is 10.1. The van der Waals surface area contributed by atoms with Gasteiger partial charge in [-0.15, -0.1) is 0 Å². The van der Waals surface area contributed by atoms with Crippen LogP contribution in [0.3, 0.4) is 0 Å². The smallest absolute Gasteiger partial charge is 0.257 e. The number of carbonyl (C=O) groups is 2. The first kappa shape index (κ1) is 20.4. The second-order valence-electron chi connectivity index (χ2n) is 6.95. The molecular weight excluding hydrogens is 385 g/mol. The number of benzene rings is 1. The molecule has 0 aliphatic carbocycles. The zero-order chi connectivity index (χ0) is 20.4. The van der Waals surface area contributed by atoms with E-state index in [9.17, 15) is 14.0 Å². The van der Waals surface area contributed by atoms with Gasteiger partial charge in [0.25, 0.3) is 5.91 Å². The maximum atomic E-state index is 13.2. The number of piperazine rings is 1. The molecule has 8 heteroatoms. The highest BCUT2D eigenvalue weighted by atomic mass is 35.5. The summed E-state index contributed by atoms with van der Waals surface area (Å²) in [6.45, 7) is 7.63. The molecule has 2 amide bonds. The Morgan fingerprint density at radius 1 is 1.18 bits per heavy atom. The molecule has 0 bridgehead atoms. The Kier molecular flexibility index (Phi) is 6.05. The van der Waals surface area contributed by atoms with Crippen LogP contribution in [0.25, 0.3) is 0 Å². The van der Waals surface area contributed by atoms with Crippen LogP contribution in [0.15, 0.2) is 28.7 Å². The fourth-order valence-electron chi connectivity index (χ4n) is 3.31. The third-order valence-corrected chi connectivity index (χ3v) is 5.28. The quantitative estimate of drug-likeness (QED) is 0.842. The van der Waals surface area contributed by atoms with Crippen molar-refractivity contribution in [3.63, 3.8) is 0 Å². The van der Waals surface area contributed by atoms with Gasteiger partial charge in [0.2, 0.25) is 5.91 Å². The first-order valence-electron chi connectivity index (χ1n) is 9.12. The van der Waals surface area contributed by atoms with Crippen molar-refractivity contribution in [3.8, 4) is 0 Å². The van der Waals surface area contributed by atoms with E-state index in [-0.39, 0.29) is 22.9 Å².